The summed E-state index contributed by atoms with van der Waals surface area (Å²) in [6.45, 7) is 5.08. The van der Waals surface area contributed by atoms with Crippen molar-refractivity contribution in [3.05, 3.63) is 23.8 Å². The molecule has 0 saturated carbocycles. The van der Waals surface area contributed by atoms with Crippen molar-refractivity contribution in [2.24, 2.45) is 0 Å². The Bertz CT molecular complexity index is 625. The maximum atomic E-state index is 11.9. The first kappa shape index (κ1) is 17.2. The number of piperidine rings is 1. The van der Waals surface area contributed by atoms with Crippen molar-refractivity contribution >= 4 is 34.6 Å². The van der Waals surface area contributed by atoms with Crippen molar-refractivity contribution < 1.29 is 4.79 Å². The fourth-order valence-corrected chi connectivity index (χ4v) is 3.73. The minimum absolute atomic E-state index is 0.221. The van der Waals surface area contributed by atoms with Gasteiger partial charge in [-0.25, -0.2) is 0 Å². The number of rotatable bonds is 3. The van der Waals surface area contributed by atoms with Gasteiger partial charge in [-0.2, -0.15) is 0 Å². The van der Waals surface area contributed by atoms with Gasteiger partial charge in [0.1, 0.15) is 0 Å². The van der Waals surface area contributed by atoms with Gasteiger partial charge in [0.05, 0.1) is 0 Å². The predicted molar refractivity (Wildman–Crippen MR) is 103 cm³/mol. The maximum absolute atomic E-state index is 11.9. The molecule has 0 unspecified atom stereocenters. The molecule has 2 N–H and O–H groups in total. The maximum Gasteiger partial charge on any atom is 0.227 e. The van der Waals surface area contributed by atoms with E-state index in [1.807, 2.05) is 24.0 Å². The molecule has 1 aromatic rings. The monoisotopic (exact) mass is 346 g/mol. The normalized spacial score (nSPS) is 19.6. The molecule has 2 fully saturated rings. The van der Waals surface area contributed by atoms with E-state index in [1.54, 1.807) is 0 Å². The Morgan fingerprint density at radius 3 is 2.62 bits per heavy atom. The van der Waals surface area contributed by atoms with E-state index >= 15 is 0 Å². The third-order valence-electron chi connectivity index (χ3n) is 4.87. The zero-order valence-corrected chi connectivity index (χ0v) is 15.3. The molecular weight excluding hydrogens is 320 g/mol. The number of carbonyl (C=O) groups excluding carboxylic acids is 1. The molecule has 2 aliphatic rings. The van der Waals surface area contributed by atoms with Crippen LogP contribution in [0.3, 0.4) is 0 Å². The quantitative estimate of drug-likeness (QED) is 0.824. The number of benzene rings is 1. The molecule has 6 heteroatoms. The predicted octanol–water partition coefficient (Wildman–Crippen LogP) is 2.50. The molecule has 5 nitrogen and oxygen atoms in total. The Morgan fingerprint density at radius 2 is 2.00 bits per heavy atom. The molecule has 2 aliphatic heterocycles. The minimum atomic E-state index is 0.221. The summed E-state index contributed by atoms with van der Waals surface area (Å²) in [6.07, 6.45) is 3.84. The second-order valence-corrected chi connectivity index (χ2v) is 7.23. The highest BCUT2D eigenvalue weighted by Crippen LogP contribution is 2.27. The van der Waals surface area contributed by atoms with Crippen LogP contribution in [-0.4, -0.2) is 48.6 Å². The van der Waals surface area contributed by atoms with Gasteiger partial charge in [-0.3, -0.25) is 4.79 Å². The topological polar surface area (TPSA) is 47.6 Å². The zero-order chi connectivity index (χ0) is 17.1. The van der Waals surface area contributed by atoms with Gasteiger partial charge in [0.2, 0.25) is 5.91 Å². The van der Waals surface area contributed by atoms with Crippen molar-refractivity contribution in [1.29, 1.82) is 0 Å². The van der Waals surface area contributed by atoms with Crippen LogP contribution in [-0.2, 0) is 4.79 Å². The summed E-state index contributed by atoms with van der Waals surface area (Å²) in [5.41, 5.74) is 3.07. The van der Waals surface area contributed by atoms with Gasteiger partial charge in [0.25, 0.3) is 0 Å². The van der Waals surface area contributed by atoms with Crippen molar-refractivity contribution in [3.63, 3.8) is 0 Å². The molecule has 2 saturated heterocycles. The number of hydrogen-bond donors (Lipinski definition) is 2. The van der Waals surface area contributed by atoms with Gasteiger partial charge in [0, 0.05) is 30.4 Å². The fraction of sp³-hybridized carbons (Fsp3) is 0.556. The van der Waals surface area contributed by atoms with E-state index in [0.717, 1.165) is 55.8 Å². The average Bonchev–Trinajstić information content (AvgIpc) is 2.96. The Kier molecular flexibility index (Phi) is 5.36. The molecule has 0 aliphatic carbocycles. The lowest BCUT2D eigenvalue weighted by Gasteiger charge is -2.30. The third kappa shape index (κ3) is 4.05. The van der Waals surface area contributed by atoms with E-state index in [4.69, 9.17) is 12.2 Å². The van der Waals surface area contributed by atoms with E-state index in [9.17, 15) is 4.79 Å². The van der Waals surface area contributed by atoms with E-state index in [-0.39, 0.29) is 5.91 Å². The summed E-state index contributed by atoms with van der Waals surface area (Å²) in [5, 5.41) is 7.36. The van der Waals surface area contributed by atoms with Crippen LogP contribution in [0.2, 0.25) is 0 Å². The third-order valence-corrected chi connectivity index (χ3v) is 5.09. The molecule has 1 amide bonds. The summed E-state index contributed by atoms with van der Waals surface area (Å²) in [5.74, 6) is 0.221. The lowest BCUT2D eigenvalue weighted by atomic mass is 10.1. The van der Waals surface area contributed by atoms with Gasteiger partial charge in [-0.1, -0.05) is 0 Å². The van der Waals surface area contributed by atoms with E-state index in [1.165, 1.54) is 0 Å². The van der Waals surface area contributed by atoms with Gasteiger partial charge in [0.15, 0.2) is 5.11 Å². The van der Waals surface area contributed by atoms with Crippen molar-refractivity contribution in [1.82, 2.24) is 10.2 Å². The number of anilines is 2. The van der Waals surface area contributed by atoms with Crippen LogP contribution < -0.4 is 15.5 Å². The van der Waals surface area contributed by atoms with E-state index in [0.29, 0.717) is 17.6 Å². The largest absolute Gasteiger partial charge is 0.360 e. The van der Waals surface area contributed by atoms with Crippen LogP contribution in [0.1, 0.15) is 31.2 Å². The molecule has 2 heterocycles. The summed E-state index contributed by atoms with van der Waals surface area (Å²) >= 11 is 5.45. The SMILES string of the molecule is Cc1cc(NC(=S)NC2CCN(C)CC2)ccc1N1CCCC1=O. The standard InChI is InChI=1S/C18H26N4OS/c1-13-12-15(5-6-16(13)22-9-3-4-17(22)23)20-18(24)19-14-7-10-21(2)11-8-14/h5-6,12,14H,3-4,7-11H2,1-2H3,(H2,19,20,24). The summed E-state index contributed by atoms with van der Waals surface area (Å²) in [6, 6.07) is 6.52. The molecule has 0 aromatic heterocycles. The highest BCUT2D eigenvalue weighted by molar-refractivity contribution is 7.80. The molecule has 0 atom stereocenters. The Hall–Kier alpha value is -1.66. The number of nitrogens with one attached hydrogen (secondary N) is 2. The van der Waals surface area contributed by atoms with Crippen LogP contribution in [0.15, 0.2) is 18.2 Å². The molecule has 1 aromatic carbocycles. The van der Waals surface area contributed by atoms with Crippen molar-refractivity contribution in [2.75, 3.05) is 36.9 Å². The first-order valence-electron chi connectivity index (χ1n) is 8.70. The smallest absolute Gasteiger partial charge is 0.227 e. The zero-order valence-electron chi connectivity index (χ0n) is 14.5. The number of nitrogens with zero attached hydrogens (tertiary/aromatic N) is 2. The lowest BCUT2D eigenvalue weighted by molar-refractivity contribution is -0.117. The number of carbonyl (C=O) groups is 1. The van der Waals surface area contributed by atoms with Gasteiger partial charge in [-0.05, 0) is 82.3 Å². The fourth-order valence-electron chi connectivity index (χ4n) is 3.44. The van der Waals surface area contributed by atoms with Crippen molar-refractivity contribution in [3.8, 4) is 0 Å². The number of likely N-dealkylation sites (tertiary alicyclic amines) is 1. The Balaban J connectivity index is 1.58. The molecule has 130 valence electrons. The molecule has 3 rings (SSSR count). The van der Waals surface area contributed by atoms with Crippen molar-refractivity contribution in [2.45, 2.75) is 38.6 Å². The van der Waals surface area contributed by atoms with E-state index < -0.39 is 0 Å². The van der Waals surface area contributed by atoms with Crippen LogP contribution in [0.5, 0.6) is 0 Å². The Labute approximate surface area is 149 Å². The number of thiocarbonyl (C=S) groups is 1. The summed E-state index contributed by atoms with van der Waals surface area (Å²) in [4.78, 5) is 16.1. The van der Waals surface area contributed by atoms with Gasteiger partial charge < -0.3 is 20.4 Å². The average molecular weight is 347 g/mol. The number of amides is 1. The number of hydrogen-bond acceptors (Lipinski definition) is 3. The molecule has 0 spiro atoms. The second kappa shape index (κ2) is 7.49. The molecule has 0 radical (unpaired) electrons. The Morgan fingerprint density at radius 1 is 1.25 bits per heavy atom. The van der Waals surface area contributed by atoms with Crippen LogP contribution in [0.4, 0.5) is 11.4 Å². The molecule has 24 heavy (non-hydrogen) atoms. The first-order chi connectivity index (χ1) is 11.5. The van der Waals surface area contributed by atoms with Gasteiger partial charge in [-0.15, -0.1) is 0 Å². The lowest BCUT2D eigenvalue weighted by Crippen LogP contribution is -2.44. The highest BCUT2D eigenvalue weighted by atomic mass is 32.1. The second-order valence-electron chi connectivity index (χ2n) is 6.83. The molecule has 0 bridgehead atoms. The van der Waals surface area contributed by atoms with E-state index in [2.05, 4.69) is 28.6 Å². The summed E-state index contributed by atoms with van der Waals surface area (Å²) in [7, 11) is 2.15. The van der Waals surface area contributed by atoms with Crippen LogP contribution >= 0.6 is 12.2 Å². The number of aryl methyl sites for hydroxylation is 1. The molecular formula is C18H26N4OS. The van der Waals surface area contributed by atoms with Gasteiger partial charge >= 0.3 is 0 Å². The van der Waals surface area contributed by atoms with Crippen LogP contribution in [0.25, 0.3) is 0 Å². The first-order valence-corrected chi connectivity index (χ1v) is 9.11. The minimum Gasteiger partial charge on any atom is -0.360 e. The summed E-state index contributed by atoms with van der Waals surface area (Å²) < 4.78 is 0. The highest BCUT2D eigenvalue weighted by Gasteiger charge is 2.23. The van der Waals surface area contributed by atoms with Crippen LogP contribution in [0, 0.1) is 6.92 Å².